The number of carbonyl (C=O) groups excluding carboxylic acids is 1. The molecule has 0 atom stereocenters. The van der Waals surface area contributed by atoms with Crippen molar-refractivity contribution in [2.45, 2.75) is 18.7 Å². The molecular formula is C15H15ClN2O3S. The highest BCUT2D eigenvalue weighted by molar-refractivity contribution is 7.92. The van der Waals surface area contributed by atoms with Crippen molar-refractivity contribution in [1.29, 1.82) is 0 Å². The third kappa shape index (κ3) is 3.99. The van der Waals surface area contributed by atoms with Crippen LogP contribution in [0.3, 0.4) is 0 Å². The Hall–Kier alpha value is -2.05. The largest absolute Gasteiger partial charge is 0.326 e. The Bertz CT molecular complexity index is 802. The molecule has 5 nitrogen and oxygen atoms in total. The summed E-state index contributed by atoms with van der Waals surface area (Å²) in [5, 5.41) is 3.06. The Balaban J connectivity index is 2.22. The molecule has 7 heteroatoms. The number of amides is 1. The summed E-state index contributed by atoms with van der Waals surface area (Å²) in [5.74, 6) is -0.219. The van der Waals surface area contributed by atoms with E-state index in [0.29, 0.717) is 16.4 Å². The van der Waals surface area contributed by atoms with Crippen molar-refractivity contribution in [3.05, 3.63) is 53.1 Å². The Morgan fingerprint density at radius 3 is 2.18 bits per heavy atom. The van der Waals surface area contributed by atoms with E-state index in [1.165, 1.54) is 31.2 Å². The summed E-state index contributed by atoms with van der Waals surface area (Å²) in [7, 11) is -3.71. The van der Waals surface area contributed by atoms with Gasteiger partial charge in [0, 0.05) is 17.6 Å². The summed E-state index contributed by atoms with van der Waals surface area (Å²) in [6, 6.07) is 10.8. The van der Waals surface area contributed by atoms with Gasteiger partial charge >= 0.3 is 0 Å². The van der Waals surface area contributed by atoms with E-state index in [9.17, 15) is 13.2 Å². The molecule has 0 aliphatic heterocycles. The smallest absolute Gasteiger partial charge is 0.261 e. The van der Waals surface area contributed by atoms with Crippen molar-refractivity contribution in [2.24, 2.45) is 0 Å². The number of carbonyl (C=O) groups is 1. The number of anilines is 2. The third-order valence-corrected chi connectivity index (χ3v) is 4.71. The van der Waals surface area contributed by atoms with Crippen LogP contribution in [0.25, 0.3) is 0 Å². The van der Waals surface area contributed by atoms with Gasteiger partial charge in [-0.15, -0.1) is 0 Å². The van der Waals surface area contributed by atoms with E-state index >= 15 is 0 Å². The lowest BCUT2D eigenvalue weighted by molar-refractivity contribution is -0.114. The topological polar surface area (TPSA) is 75.3 Å². The summed E-state index contributed by atoms with van der Waals surface area (Å²) < 4.78 is 27.0. The van der Waals surface area contributed by atoms with Gasteiger partial charge < -0.3 is 5.32 Å². The maximum atomic E-state index is 12.3. The van der Waals surface area contributed by atoms with Crippen molar-refractivity contribution in [3.8, 4) is 0 Å². The van der Waals surface area contributed by atoms with Crippen LogP contribution in [0, 0.1) is 6.92 Å². The minimum absolute atomic E-state index is 0.0956. The first-order valence-corrected chi connectivity index (χ1v) is 8.31. The minimum atomic E-state index is -3.71. The predicted octanol–water partition coefficient (Wildman–Crippen LogP) is 3.41. The van der Waals surface area contributed by atoms with E-state index in [4.69, 9.17) is 11.6 Å². The van der Waals surface area contributed by atoms with Crippen LogP contribution in [0.5, 0.6) is 0 Å². The summed E-state index contributed by atoms with van der Waals surface area (Å²) in [5.41, 5.74) is 1.79. The summed E-state index contributed by atoms with van der Waals surface area (Å²) in [4.78, 5) is 11.0. The van der Waals surface area contributed by atoms with Crippen LogP contribution in [0.2, 0.25) is 5.02 Å². The zero-order valence-corrected chi connectivity index (χ0v) is 13.6. The molecule has 116 valence electrons. The average Bonchev–Trinajstić information content (AvgIpc) is 2.42. The van der Waals surface area contributed by atoms with E-state index in [1.54, 1.807) is 18.2 Å². The molecule has 2 aromatic carbocycles. The van der Waals surface area contributed by atoms with Gasteiger partial charge in [-0.05, 0) is 48.9 Å². The van der Waals surface area contributed by atoms with Crippen LogP contribution in [0.15, 0.2) is 47.4 Å². The second-order valence-electron chi connectivity index (χ2n) is 4.78. The highest BCUT2D eigenvalue weighted by Crippen LogP contribution is 2.23. The molecule has 0 aliphatic rings. The van der Waals surface area contributed by atoms with Crippen LogP contribution >= 0.6 is 11.6 Å². The number of hydrogen-bond donors (Lipinski definition) is 2. The fourth-order valence-corrected chi connectivity index (χ4v) is 3.02. The van der Waals surface area contributed by atoms with E-state index in [0.717, 1.165) is 5.56 Å². The summed E-state index contributed by atoms with van der Waals surface area (Å²) in [6.45, 7) is 3.22. The van der Waals surface area contributed by atoms with Gasteiger partial charge in [-0.1, -0.05) is 17.7 Å². The number of hydrogen-bond acceptors (Lipinski definition) is 3. The predicted molar refractivity (Wildman–Crippen MR) is 87.7 cm³/mol. The lowest BCUT2D eigenvalue weighted by Crippen LogP contribution is -2.13. The number of nitrogens with one attached hydrogen (secondary N) is 2. The standard InChI is InChI=1S/C15H15ClN2O3S/c1-10-3-4-13(9-15(10)16)18-22(20,21)14-7-5-12(6-8-14)17-11(2)19/h3-9,18H,1-2H3,(H,17,19). The fraction of sp³-hybridized carbons (Fsp3) is 0.133. The number of rotatable bonds is 4. The molecule has 2 aromatic rings. The van der Waals surface area contributed by atoms with E-state index in [2.05, 4.69) is 10.0 Å². The number of halogens is 1. The number of aryl methyl sites for hydroxylation is 1. The molecule has 0 saturated heterocycles. The molecule has 0 saturated carbocycles. The third-order valence-electron chi connectivity index (χ3n) is 2.91. The molecule has 0 unspecified atom stereocenters. The Kier molecular flexibility index (Phi) is 4.73. The monoisotopic (exact) mass is 338 g/mol. The second-order valence-corrected chi connectivity index (χ2v) is 6.86. The lowest BCUT2D eigenvalue weighted by atomic mass is 10.2. The maximum absolute atomic E-state index is 12.3. The molecule has 0 radical (unpaired) electrons. The van der Waals surface area contributed by atoms with Crippen LogP contribution in [-0.2, 0) is 14.8 Å². The molecule has 22 heavy (non-hydrogen) atoms. The van der Waals surface area contributed by atoms with Gasteiger partial charge in [0.2, 0.25) is 5.91 Å². The molecule has 0 spiro atoms. The molecule has 0 bridgehead atoms. The first-order valence-electron chi connectivity index (χ1n) is 6.44. The van der Waals surface area contributed by atoms with Gasteiger partial charge in [0.15, 0.2) is 0 Å². The van der Waals surface area contributed by atoms with Crippen molar-refractivity contribution < 1.29 is 13.2 Å². The van der Waals surface area contributed by atoms with E-state index in [1.807, 2.05) is 6.92 Å². The lowest BCUT2D eigenvalue weighted by Gasteiger charge is -2.10. The van der Waals surface area contributed by atoms with Crippen LogP contribution in [0.4, 0.5) is 11.4 Å². The molecular weight excluding hydrogens is 324 g/mol. The van der Waals surface area contributed by atoms with Crippen LogP contribution in [-0.4, -0.2) is 14.3 Å². The maximum Gasteiger partial charge on any atom is 0.261 e. The number of sulfonamides is 1. The quantitative estimate of drug-likeness (QED) is 0.897. The second kappa shape index (κ2) is 6.37. The van der Waals surface area contributed by atoms with Gasteiger partial charge in [0.25, 0.3) is 10.0 Å². The molecule has 0 aromatic heterocycles. The van der Waals surface area contributed by atoms with Gasteiger partial charge in [-0.3, -0.25) is 9.52 Å². The molecule has 2 rings (SSSR count). The van der Waals surface area contributed by atoms with Gasteiger partial charge in [0.1, 0.15) is 0 Å². The highest BCUT2D eigenvalue weighted by atomic mass is 35.5. The van der Waals surface area contributed by atoms with Gasteiger partial charge in [-0.25, -0.2) is 8.42 Å². The normalized spacial score (nSPS) is 11.0. The minimum Gasteiger partial charge on any atom is -0.326 e. The summed E-state index contributed by atoms with van der Waals surface area (Å²) >= 11 is 5.98. The molecule has 0 heterocycles. The molecule has 2 N–H and O–H groups in total. The van der Waals surface area contributed by atoms with E-state index < -0.39 is 10.0 Å². The van der Waals surface area contributed by atoms with Crippen LogP contribution < -0.4 is 10.0 Å². The molecule has 0 aliphatic carbocycles. The van der Waals surface area contributed by atoms with Crippen molar-refractivity contribution >= 4 is 38.9 Å². The van der Waals surface area contributed by atoms with E-state index in [-0.39, 0.29) is 10.8 Å². The first kappa shape index (κ1) is 16.3. The van der Waals surface area contributed by atoms with Crippen molar-refractivity contribution in [1.82, 2.24) is 0 Å². The van der Waals surface area contributed by atoms with Crippen molar-refractivity contribution in [2.75, 3.05) is 10.0 Å². The molecule has 1 amide bonds. The van der Waals surface area contributed by atoms with Gasteiger partial charge in [0.05, 0.1) is 10.6 Å². The van der Waals surface area contributed by atoms with Crippen molar-refractivity contribution in [3.63, 3.8) is 0 Å². The Morgan fingerprint density at radius 1 is 1.05 bits per heavy atom. The zero-order chi connectivity index (χ0) is 16.3. The average molecular weight is 339 g/mol. The van der Waals surface area contributed by atoms with Crippen LogP contribution in [0.1, 0.15) is 12.5 Å². The zero-order valence-electron chi connectivity index (χ0n) is 12.1. The first-order chi connectivity index (χ1) is 10.3. The van der Waals surface area contributed by atoms with Gasteiger partial charge in [-0.2, -0.15) is 0 Å². The highest BCUT2D eigenvalue weighted by Gasteiger charge is 2.14. The fourth-order valence-electron chi connectivity index (χ4n) is 1.79. The Labute approximate surface area is 134 Å². The SMILES string of the molecule is CC(=O)Nc1ccc(S(=O)(=O)Nc2ccc(C)c(Cl)c2)cc1. The number of benzene rings is 2. The molecule has 0 fully saturated rings. The Morgan fingerprint density at radius 2 is 1.64 bits per heavy atom. The summed E-state index contributed by atoms with van der Waals surface area (Å²) in [6.07, 6.45) is 0.